The van der Waals surface area contributed by atoms with E-state index in [0.717, 1.165) is 16.6 Å². The molecular formula is C13H15N5O3. The maximum atomic E-state index is 12.2. The molecule has 3 rings (SSSR count). The number of aromatic amines is 1. The Kier molecular flexibility index (Phi) is 3.43. The number of hydrogen-bond donors (Lipinski definition) is 2. The first-order chi connectivity index (χ1) is 10.1. The van der Waals surface area contributed by atoms with Crippen molar-refractivity contribution in [3.05, 3.63) is 23.8 Å². The molecule has 8 heteroatoms. The predicted molar refractivity (Wildman–Crippen MR) is 73.8 cm³/mol. The third-order valence-electron chi connectivity index (χ3n) is 3.64. The molecule has 1 aliphatic rings. The van der Waals surface area contributed by atoms with Crippen molar-refractivity contribution in [2.24, 2.45) is 0 Å². The van der Waals surface area contributed by atoms with Crippen LogP contribution in [-0.2, 0) is 11.2 Å². The van der Waals surface area contributed by atoms with Crippen LogP contribution >= 0.6 is 0 Å². The lowest BCUT2D eigenvalue weighted by atomic mass is 10.1. The molecule has 2 aromatic rings. The Labute approximate surface area is 120 Å². The monoisotopic (exact) mass is 289 g/mol. The summed E-state index contributed by atoms with van der Waals surface area (Å²) in [5.74, 6) is 0.00267. The predicted octanol–water partition coefficient (Wildman–Crippen LogP) is 0.323. The van der Waals surface area contributed by atoms with Crippen LogP contribution in [0.15, 0.2) is 18.2 Å². The third kappa shape index (κ3) is 2.78. The fraction of sp³-hybridized carbons (Fsp3) is 0.385. The van der Waals surface area contributed by atoms with Gasteiger partial charge in [-0.2, -0.15) is 15.4 Å². The highest BCUT2D eigenvalue weighted by molar-refractivity contribution is 5.81. The smallest absolute Gasteiger partial charge is 0.407 e. The number of piperazine rings is 1. The average Bonchev–Trinajstić information content (AvgIpc) is 2.95. The molecule has 0 aliphatic carbocycles. The average molecular weight is 289 g/mol. The standard InChI is InChI=1S/C13H15N5O3/c19-12(17-3-5-18(6-4-17)13(20)21)8-9-1-2-10-11(7-9)15-16-14-10/h1-2,7H,3-6,8H2,(H,20,21)(H,14,15,16). The molecule has 21 heavy (non-hydrogen) atoms. The number of rotatable bonds is 2. The topological polar surface area (TPSA) is 102 Å². The molecule has 1 aromatic heterocycles. The minimum absolute atomic E-state index is 0.00267. The fourth-order valence-electron chi connectivity index (χ4n) is 2.43. The fourth-order valence-corrected chi connectivity index (χ4v) is 2.43. The van der Waals surface area contributed by atoms with Crippen molar-refractivity contribution in [1.82, 2.24) is 25.2 Å². The van der Waals surface area contributed by atoms with Gasteiger partial charge in [-0.1, -0.05) is 6.07 Å². The normalized spacial score (nSPS) is 15.4. The molecule has 1 aliphatic heterocycles. The number of carbonyl (C=O) groups excluding carboxylic acids is 1. The Morgan fingerprint density at radius 3 is 2.48 bits per heavy atom. The number of amides is 2. The minimum Gasteiger partial charge on any atom is -0.465 e. The van der Waals surface area contributed by atoms with E-state index in [1.165, 1.54) is 4.90 Å². The van der Waals surface area contributed by atoms with E-state index < -0.39 is 6.09 Å². The van der Waals surface area contributed by atoms with E-state index >= 15 is 0 Å². The molecular weight excluding hydrogens is 274 g/mol. The number of nitrogens with one attached hydrogen (secondary N) is 1. The van der Waals surface area contributed by atoms with Gasteiger partial charge in [0.2, 0.25) is 5.91 Å². The number of H-pyrrole nitrogens is 1. The Hall–Kier alpha value is -2.64. The summed E-state index contributed by atoms with van der Waals surface area (Å²) in [6.45, 7) is 1.61. The van der Waals surface area contributed by atoms with Crippen molar-refractivity contribution in [1.29, 1.82) is 0 Å². The van der Waals surface area contributed by atoms with Crippen molar-refractivity contribution in [2.45, 2.75) is 6.42 Å². The van der Waals surface area contributed by atoms with Gasteiger partial charge >= 0.3 is 6.09 Å². The molecule has 1 saturated heterocycles. The molecule has 2 N–H and O–H groups in total. The number of nitrogens with zero attached hydrogens (tertiary/aromatic N) is 4. The Morgan fingerprint density at radius 1 is 1.10 bits per heavy atom. The van der Waals surface area contributed by atoms with Crippen molar-refractivity contribution in [2.75, 3.05) is 26.2 Å². The molecule has 0 radical (unpaired) electrons. The lowest BCUT2D eigenvalue weighted by molar-refractivity contribution is -0.132. The maximum absolute atomic E-state index is 12.2. The Morgan fingerprint density at radius 2 is 1.76 bits per heavy atom. The van der Waals surface area contributed by atoms with Crippen LogP contribution < -0.4 is 0 Å². The van der Waals surface area contributed by atoms with Gasteiger partial charge in [-0.3, -0.25) is 4.79 Å². The van der Waals surface area contributed by atoms with E-state index in [9.17, 15) is 9.59 Å². The number of carbonyl (C=O) groups is 2. The molecule has 0 bridgehead atoms. The summed E-state index contributed by atoms with van der Waals surface area (Å²) in [6.07, 6.45) is -0.644. The van der Waals surface area contributed by atoms with Crippen molar-refractivity contribution < 1.29 is 14.7 Å². The molecule has 2 heterocycles. The summed E-state index contributed by atoms with van der Waals surface area (Å²) in [4.78, 5) is 26.1. The summed E-state index contributed by atoms with van der Waals surface area (Å²) >= 11 is 0. The van der Waals surface area contributed by atoms with Gasteiger partial charge in [-0.25, -0.2) is 4.79 Å². The van der Waals surface area contributed by atoms with E-state index in [0.29, 0.717) is 26.2 Å². The van der Waals surface area contributed by atoms with E-state index in [2.05, 4.69) is 15.4 Å². The van der Waals surface area contributed by atoms with E-state index in [-0.39, 0.29) is 12.3 Å². The van der Waals surface area contributed by atoms with Gasteiger partial charge in [-0.15, -0.1) is 0 Å². The molecule has 1 fully saturated rings. The first-order valence-corrected chi connectivity index (χ1v) is 6.68. The summed E-state index contributed by atoms with van der Waals surface area (Å²) < 4.78 is 0. The summed E-state index contributed by atoms with van der Waals surface area (Å²) in [5.41, 5.74) is 2.37. The van der Waals surface area contributed by atoms with Crippen LogP contribution in [0.4, 0.5) is 4.79 Å². The van der Waals surface area contributed by atoms with Crippen LogP contribution in [0, 0.1) is 0 Å². The third-order valence-corrected chi connectivity index (χ3v) is 3.64. The van der Waals surface area contributed by atoms with E-state index in [1.807, 2.05) is 18.2 Å². The number of fused-ring (bicyclic) bond motifs is 1. The van der Waals surface area contributed by atoms with Crippen molar-refractivity contribution >= 4 is 23.0 Å². The zero-order valence-electron chi connectivity index (χ0n) is 11.3. The molecule has 1 aromatic carbocycles. The van der Waals surface area contributed by atoms with Gasteiger partial charge in [0, 0.05) is 26.2 Å². The highest BCUT2D eigenvalue weighted by atomic mass is 16.4. The second-order valence-corrected chi connectivity index (χ2v) is 4.97. The van der Waals surface area contributed by atoms with Gasteiger partial charge < -0.3 is 14.9 Å². The van der Waals surface area contributed by atoms with Crippen molar-refractivity contribution in [3.8, 4) is 0 Å². The lowest BCUT2D eigenvalue weighted by Gasteiger charge is -2.33. The SMILES string of the molecule is O=C(O)N1CCN(C(=O)Cc2ccc3n[nH]nc3c2)CC1. The molecule has 110 valence electrons. The van der Waals surface area contributed by atoms with Crippen molar-refractivity contribution in [3.63, 3.8) is 0 Å². The van der Waals surface area contributed by atoms with Crippen LogP contribution in [-0.4, -0.2) is 68.5 Å². The summed E-state index contributed by atoms with van der Waals surface area (Å²) in [7, 11) is 0. The van der Waals surface area contributed by atoms with Crippen LogP contribution in [0.2, 0.25) is 0 Å². The van der Waals surface area contributed by atoms with Gasteiger partial charge in [0.1, 0.15) is 11.0 Å². The zero-order chi connectivity index (χ0) is 14.8. The highest BCUT2D eigenvalue weighted by Gasteiger charge is 2.23. The van der Waals surface area contributed by atoms with Gasteiger partial charge in [0.05, 0.1) is 6.42 Å². The quantitative estimate of drug-likeness (QED) is 0.829. The number of hydrogen-bond acceptors (Lipinski definition) is 4. The second kappa shape index (κ2) is 5.39. The van der Waals surface area contributed by atoms with Gasteiger partial charge in [-0.05, 0) is 17.7 Å². The molecule has 0 saturated carbocycles. The Bertz CT molecular complexity index is 675. The van der Waals surface area contributed by atoms with Gasteiger partial charge in [0.25, 0.3) is 0 Å². The number of carboxylic acid groups (broad SMARTS) is 1. The maximum Gasteiger partial charge on any atom is 0.407 e. The number of benzene rings is 1. The van der Waals surface area contributed by atoms with Crippen LogP contribution in [0.5, 0.6) is 0 Å². The van der Waals surface area contributed by atoms with Crippen LogP contribution in [0.25, 0.3) is 11.0 Å². The first-order valence-electron chi connectivity index (χ1n) is 6.68. The number of aromatic nitrogens is 3. The van der Waals surface area contributed by atoms with Crippen LogP contribution in [0.3, 0.4) is 0 Å². The highest BCUT2D eigenvalue weighted by Crippen LogP contribution is 2.12. The first kappa shape index (κ1) is 13.3. The molecule has 0 atom stereocenters. The van der Waals surface area contributed by atoms with E-state index in [1.54, 1.807) is 4.90 Å². The largest absolute Gasteiger partial charge is 0.465 e. The molecule has 2 amide bonds. The minimum atomic E-state index is -0.932. The van der Waals surface area contributed by atoms with Crippen LogP contribution in [0.1, 0.15) is 5.56 Å². The molecule has 0 unspecified atom stereocenters. The Balaban J connectivity index is 1.62. The summed E-state index contributed by atoms with van der Waals surface area (Å²) in [6, 6.07) is 5.52. The zero-order valence-corrected chi connectivity index (χ0v) is 11.3. The molecule has 8 nitrogen and oxygen atoms in total. The molecule has 0 spiro atoms. The second-order valence-electron chi connectivity index (χ2n) is 4.97. The summed E-state index contributed by atoms with van der Waals surface area (Å²) in [5, 5.41) is 19.4. The van der Waals surface area contributed by atoms with Gasteiger partial charge in [0.15, 0.2) is 0 Å². The van der Waals surface area contributed by atoms with E-state index in [4.69, 9.17) is 5.11 Å². The lowest BCUT2D eigenvalue weighted by Crippen LogP contribution is -2.50.